The summed E-state index contributed by atoms with van der Waals surface area (Å²) in [5, 5.41) is 2.59. The van der Waals surface area contributed by atoms with Gasteiger partial charge in [0.1, 0.15) is 5.82 Å². The topological polar surface area (TPSA) is 98.0 Å². The number of pyridine rings is 1. The smallest absolute Gasteiger partial charge is 0.378 e. The molecule has 13 heteroatoms. The van der Waals surface area contributed by atoms with Gasteiger partial charge in [-0.2, -0.15) is 13.2 Å². The molecule has 3 aromatic rings. The van der Waals surface area contributed by atoms with Gasteiger partial charge < -0.3 is 24.8 Å². The predicted molar refractivity (Wildman–Crippen MR) is 157 cm³/mol. The number of H-pyrrole nitrogens is 1. The molecule has 0 bridgehead atoms. The van der Waals surface area contributed by atoms with Gasteiger partial charge in [-0.3, -0.25) is 19.3 Å². The van der Waals surface area contributed by atoms with Crippen molar-refractivity contribution in [3.8, 4) is 11.1 Å². The zero-order valence-corrected chi connectivity index (χ0v) is 24.5. The number of piperazine rings is 1. The summed E-state index contributed by atoms with van der Waals surface area (Å²) in [6, 6.07) is 9.42. The highest BCUT2D eigenvalue weighted by Gasteiger charge is 2.36. The van der Waals surface area contributed by atoms with Crippen molar-refractivity contribution in [1.82, 2.24) is 14.8 Å². The standard InChI is InChI=1S/C31H33F4N5O4/c1-18-16-40(17-19(2)38(18)3)27-7-5-20(22-12-21(4-6-25(22)32)30(43)39-8-10-44-11-9-39)13-26(27)37-29(42)23-15-36-28(41)14-24(23)31(33,34)35/h4-7,12-15,18-19H,8-11,16-17H2,1-3H3,(H,36,41)(H,37,42)/t18-,19+. The van der Waals surface area contributed by atoms with E-state index in [4.69, 9.17) is 4.74 Å². The van der Waals surface area contributed by atoms with E-state index < -0.39 is 34.6 Å². The number of ether oxygens (including phenoxy) is 1. The first-order valence-electron chi connectivity index (χ1n) is 14.2. The van der Waals surface area contributed by atoms with Crippen LogP contribution in [-0.4, -0.2) is 85.1 Å². The number of carbonyl (C=O) groups excluding carboxylic acids is 2. The molecule has 2 aromatic carbocycles. The minimum atomic E-state index is -4.95. The molecule has 5 rings (SSSR count). The van der Waals surface area contributed by atoms with Crippen LogP contribution in [0, 0.1) is 5.82 Å². The van der Waals surface area contributed by atoms with Gasteiger partial charge in [0.25, 0.3) is 11.8 Å². The minimum absolute atomic E-state index is 0.0892. The molecule has 2 N–H and O–H groups in total. The molecule has 2 atom stereocenters. The Hall–Kier alpha value is -4.23. The summed E-state index contributed by atoms with van der Waals surface area (Å²) in [6.45, 7) is 6.82. The Morgan fingerprint density at radius 3 is 2.34 bits per heavy atom. The van der Waals surface area contributed by atoms with Crippen LogP contribution in [0.15, 0.2) is 53.5 Å². The van der Waals surface area contributed by atoms with Crippen molar-refractivity contribution in [2.45, 2.75) is 32.1 Å². The summed E-state index contributed by atoms with van der Waals surface area (Å²) in [6.07, 6.45) is -4.23. The fourth-order valence-corrected chi connectivity index (χ4v) is 5.59. The van der Waals surface area contributed by atoms with Crippen LogP contribution in [0.1, 0.15) is 40.1 Å². The Kier molecular flexibility index (Phi) is 8.80. The van der Waals surface area contributed by atoms with Gasteiger partial charge in [-0.1, -0.05) is 6.07 Å². The summed E-state index contributed by atoms with van der Waals surface area (Å²) < 4.78 is 61.8. The molecule has 1 aromatic heterocycles. The number of amides is 2. The molecular weight excluding hydrogens is 582 g/mol. The molecule has 2 saturated heterocycles. The maximum absolute atomic E-state index is 15.2. The van der Waals surface area contributed by atoms with Gasteiger partial charge in [0.2, 0.25) is 5.56 Å². The van der Waals surface area contributed by atoms with E-state index in [1.807, 2.05) is 25.8 Å². The number of morpholine rings is 1. The Morgan fingerprint density at radius 2 is 1.68 bits per heavy atom. The van der Waals surface area contributed by atoms with Gasteiger partial charge in [-0.25, -0.2) is 4.39 Å². The van der Waals surface area contributed by atoms with E-state index in [1.165, 1.54) is 24.3 Å². The van der Waals surface area contributed by atoms with Crippen molar-refractivity contribution < 1.29 is 31.9 Å². The van der Waals surface area contributed by atoms with Gasteiger partial charge in [0.15, 0.2) is 0 Å². The van der Waals surface area contributed by atoms with Crippen molar-refractivity contribution in [3.05, 3.63) is 81.5 Å². The first-order chi connectivity index (χ1) is 20.8. The van der Waals surface area contributed by atoms with E-state index in [-0.39, 0.29) is 34.8 Å². The van der Waals surface area contributed by atoms with Crippen molar-refractivity contribution in [2.24, 2.45) is 0 Å². The maximum atomic E-state index is 15.2. The molecular formula is C31H33F4N5O4. The quantitative estimate of drug-likeness (QED) is 0.412. The summed E-state index contributed by atoms with van der Waals surface area (Å²) in [7, 11) is 2.00. The lowest BCUT2D eigenvalue weighted by Gasteiger charge is -2.44. The molecule has 3 heterocycles. The summed E-state index contributed by atoms with van der Waals surface area (Å²) in [5.74, 6) is -1.99. The van der Waals surface area contributed by atoms with Crippen molar-refractivity contribution in [1.29, 1.82) is 0 Å². The molecule has 2 aliphatic heterocycles. The van der Waals surface area contributed by atoms with Gasteiger partial charge in [-0.05, 0) is 56.8 Å². The molecule has 234 valence electrons. The van der Waals surface area contributed by atoms with Crippen LogP contribution in [0.3, 0.4) is 0 Å². The Bertz CT molecular complexity index is 1610. The lowest BCUT2D eigenvalue weighted by molar-refractivity contribution is -0.138. The second-order valence-electron chi connectivity index (χ2n) is 11.2. The van der Waals surface area contributed by atoms with E-state index in [1.54, 1.807) is 17.0 Å². The van der Waals surface area contributed by atoms with E-state index >= 15 is 4.39 Å². The number of rotatable bonds is 5. The number of nitrogens with zero attached hydrogens (tertiary/aromatic N) is 3. The van der Waals surface area contributed by atoms with Crippen molar-refractivity contribution in [3.63, 3.8) is 0 Å². The normalized spacial score (nSPS) is 19.6. The zero-order chi connectivity index (χ0) is 31.8. The molecule has 0 spiro atoms. The molecule has 0 aliphatic carbocycles. The third-order valence-electron chi connectivity index (χ3n) is 8.24. The fraction of sp³-hybridized carbons (Fsp3) is 0.387. The van der Waals surface area contributed by atoms with Gasteiger partial charge in [-0.15, -0.1) is 0 Å². The Morgan fingerprint density at radius 1 is 1.00 bits per heavy atom. The summed E-state index contributed by atoms with van der Waals surface area (Å²) >= 11 is 0. The molecule has 0 saturated carbocycles. The number of aromatic amines is 1. The SMILES string of the molecule is C[C@@H]1CN(c2ccc(-c3cc(C(=O)N4CCOCC4)ccc3F)cc2NC(=O)c2c[nH]c(=O)cc2C(F)(F)F)C[C@H](C)N1C. The van der Waals surface area contributed by atoms with Crippen LogP contribution in [0.2, 0.25) is 0 Å². The summed E-state index contributed by atoms with van der Waals surface area (Å²) in [4.78, 5) is 46.1. The molecule has 0 unspecified atom stereocenters. The predicted octanol–water partition coefficient (Wildman–Crippen LogP) is 4.45. The number of benzene rings is 2. The monoisotopic (exact) mass is 615 g/mol. The molecule has 2 amide bonds. The van der Waals surface area contributed by atoms with E-state index in [9.17, 15) is 27.6 Å². The van der Waals surface area contributed by atoms with Crippen LogP contribution in [0.4, 0.5) is 28.9 Å². The zero-order valence-electron chi connectivity index (χ0n) is 24.5. The number of nitrogens with one attached hydrogen (secondary N) is 2. The number of hydrogen-bond donors (Lipinski definition) is 2. The lowest BCUT2D eigenvalue weighted by Crippen LogP contribution is -2.55. The first-order valence-corrected chi connectivity index (χ1v) is 14.2. The lowest BCUT2D eigenvalue weighted by atomic mass is 9.99. The van der Waals surface area contributed by atoms with Gasteiger partial charge >= 0.3 is 6.18 Å². The molecule has 2 fully saturated rings. The second-order valence-corrected chi connectivity index (χ2v) is 11.2. The molecule has 44 heavy (non-hydrogen) atoms. The molecule has 9 nitrogen and oxygen atoms in total. The second kappa shape index (κ2) is 12.4. The van der Waals surface area contributed by atoms with Crippen LogP contribution >= 0.6 is 0 Å². The highest BCUT2D eigenvalue weighted by molar-refractivity contribution is 6.07. The van der Waals surface area contributed by atoms with Crippen LogP contribution in [0.25, 0.3) is 11.1 Å². The highest BCUT2D eigenvalue weighted by Crippen LogP contribution is 2.36. The maximum Gasteiger partial charge on any atom is 0.417 e. The number of carbonyl (C=O) groups is 2. The van der Waals surface area contributed by atoms with E-state index in [0.29, 0.717) is 56.7 Å². The van der Waals surface area contributed by atoms with Crippen LogP contribution in [-0.2, 0) is 10.9 Å². The third-order valence-corrected chi connectivity index (χ3v) is 8.24. The number of likely N-dealkylation sites (N-methyl/N-ethyl adjacent to an activating group) is 1. The van der Waals surface area contributed by atoms with Gasteiger partial charge in [0.05, 0.1) is 35.7 Å². The average molecular weight is 616 g/mol. The number of alkyl halides is 3. The summed E-state index contributed by atoms with van der Waals surface area (Å²) in [5.41, 5.74) is -1.79. The molecule has 0 radical (unpaired) electrons. The highest BCUT2D eigenvalue weighted by atomic mass is 19.4. The number of halogens is 4. The molecule has 2 aliphatic rings. The average Bonchev–Trinajstić information content (AvgIpc) is 2.99. The minimum Gasteiger partial charge on any atom is -0.378 e. The largest absolute Gasteiger partial charge is 0.417 e. The third kappa shape index (κ3) is 6.48. The number of anilines is 2. The van der Waals surface area contributed by atoms with Crippen LogP contribution < -0.4 is 15.8 Å². The first kappa shape index (κ1) is 31.2. The van der Waals surface area contributed by atoms with E-state index in [0.717, 1.165) is 6.20 Å². The number of aromatic nitrogens is 1. The Labute approximate surface area is 251 Å². The van der Waals surface area contributed by atoms with Crippen LogP contribution in [0.5, 0.6) is 0 Å². The van der Waals surface area contributed by atoms with Crippen molar-refractivity contribution >= 4 is 23.2 Å². The fourth-order valence-electron chi connectivity index (χ4n) is 5.59. The van der Waals surface area contributed by atoms with Gasteiger partial charge in [0, 0.05) is 61.7 Å². The number of hydrogen-bond acceptors (Lipinski definition) is 6. The Balaban J connectivity index is 1.56. The van der Waals surface area contributed by atoms with Crippen molar-refractivity contribution in [2.75, 3.05) is 56.7 Å². The van der Waals surface area contributed by atoms with E-state index in [2.05, 4.69) is 15.2 Å².